The van der Waals surface area contributed by atoms with Gasteiger partial charge >= 0.3 is 6.03 Å². The Morgan fingerprint density at radius 2 is 1.48 bits per heavy atom. The zero-order valence-electron chi connectivity index (χ0n) is 15.9. The number of urea groups is 1. The first-order chi connectivity index (χ1) is 14.1. The van der Waals surface area contributed by atoms with E-state index in [9.17, 15) is 9.59 Å². The molecule has 0 aliphatic heterocycles. The summed E-state index contributed by atoms with van der Waals surface area (Å²) in [5.74, 6) is 0.615. The first-order valence-corrected chi connectivity index (χ1v) is 10.3. The van der Waals surface area contributed by atoms with Crippen molar-refractivity contribution in [1.82, 2.24) is 5.32 Å². The Kier molecular flexibility index (Phi) is 7.30. The summed E-state index contributed by atoms with van der Waals surface area (Å²) in [4.78, 5) is 25.1. The number of thioether (sulfide) groups is 1. The molecule has 29 heavy (non-hydrogen) atoms. The van der Waals surface area contributed by atoms with Gasteiger partial charge in [0.05, 0.1) is 18.2 Å². The monoisotopic (exact) mass is 405 g/mol. The SMILES string of the molecule is NC(=O)NC(CC(=O)Nc1ccccc1SCc1ccccc1)c1ccccc1. The highest BCUT2D eigenvalue weighted by molar-refractivity contribution is 7.98. The van der Waals surface area contributed by atoms with Crippen molar-refractivity contribution in [2.24, 2.45) is 5.73 Å². The van der Waals surface area contributed by atoms with Crippen LogP contribution in [0.1, 0.15) is 23.6 Å². The van der Waals surface area contributed by atoms with Crippen molar-refractivity contribution >= 4 is 29.4 Å². The predicted octanol–water partition coefficient (Wildman–Crippen LogP) is 4.72. The van der Waals surface area contributed by atoms with Gasteiger partial charge in [0.25, 0.3) is 0 Å². The van der Waals surface area contributed by atoms with Crippen LogP contribution in [0.25, 0.3) is 0 Å². The van der Waals surface area contributed by atoms with E-state index in [1.54, 1.807) is 11.8 Å². The molecule has 0 radical (unpaired) electrons. The first-order valence-electron chi connectivity index (χ1n) is 9.28. The van der Waals surface area contributed by atoms with Crippen molar-refractivity contribution in [3.8, 4) is 0 Å². The number of rotatable bonds is 8. The third kappa shape index (κ3) is 6.40. The van der Waals surface area contributed by atoms with Crippen LogP contribution in [-0.2, 0) is 10.5 Å². The van der Waals surface area contributed by atoms with Crippen LogP contribution in [0.2, 0.25) is 0 Å². The number of benzene rings is 3. The number of anilines is 1. The molecule has 148 valence electrons. The lowest BCUT2D eigenvalue weighted by Crippen LogP contribution is -2.35. The van der Waals surface area contributed by atoms with E-state index in [1.807, 2.05) is 72.8 Å². The molecule has 0 aromatic heterocycles. The fourth-order valence-electron chi connectivity index (χ4n) is 2.93. The van der Waals surface area contributed by atoms with E-state index in [0.717, 1.165) is 21.9 Å². The van der Waals surface area contributed by atoms with Gasteiger partial charge in [0.15, 0.2) is 0 Å². The number of para-hydroxylation sites is 1. The van der Waals surface area contributed by atoms with Crippen LogP contribution in [0.4, 0.5) is 10.5 Å². The summed E-state index contributed by atoms with van der Waals surface area (Å²) in [6, 6.07) is 26.0. The highest BCUT2D eigenvalue weighted by Gasteiger charge is 2.18. The normalized spacial score (nSPS) is 11.4. The molecule has 3 aromatic rings. The van der Waals surface area contributed by atoms with Crippen LogP contribution in [0, 0.1) is 0 Å². The summed E-state index contributed by atoms with van der Waals surface area (Å²) in [5, 5.41) is 5.62. The molecule has 0 bridgehead atoms. The van der Waals surface area contributed by atoms with E-state index >= 15 is 0 Å². The second kappa shape index (κ2) is 10.3. The number of primary amides is 1. The maximum absolute atomic E-state index is 12.7. The molecule has 5 nitrogen and oxygen atoms in total. The molecule has 4 N–H and O–H groups in total. The molecule has 6 heteroatoms. The van der Waals surface area contributed by atoms with Crippen molar-refractivity contribution in [2.75, 3.05) is 5.32 Å². The Morgan fingerprint density at radius 1 is 0.862 bits per heavy atom. The molecule has 1 atom stereocenters. The highest BCUT2D eigenvalue weighted by atomic mass is 32.2. The van der Waals surface area contributed by atoms with Gasteiger partial charge in [-0.3, -0.25) is 4.79 Å². The summed E-state index contributed by atoms with van der Waals surface area (Å²) >= 11 is 1.66. The van der Waals surface area contributed by atoms with Crippen molar-refractivity contribution in [1.29, 1.82) is 0 Å². The molecular weight excluding hydrogens is 382 g/mol. The third-order valence-corrected chi connectivity index (χ3v) is 5.45. The van der Waals surface area contributed by atoms with Crippen LogP contribution >= 0.6 is 11.8 Å². The van der Waals surface area contributed by atoms with Crippen LogP contribution in [0.5, 0.6) is 0 Å². The smallest absolute Gasteiger partial charge is 0.312 e. The van der Waals surface area contributed by atoms with Gasteiger partial charge in [-0.1, -0.05) is 72.8 Å². The second-order valence-corrected chi connectivity index (χ2v) is 7.51. The van der Waals surface area contributed by atoms with Crippen LogP contribution in [-0.4, -0.2) is 11.9 Å². The van der Waals surface area contributed by atoms with Crippen molar-refractivity contribution in [3.63, 3.8) is 0 Å². The van der Waals surface area contributed by atoms with Crippen LogP contribution < -0.4 is 16.4 Å². The minimum atomic E-state index is -0.662. The number of carbonyl (C=O) groups is 2. The van der Waals surface area contributed by atoms with E-state index < -0.39 is 12.1 Å². The highest BCUT2D eigenvalue weighted by Crippen LogP contribution is 2.30. The van der Waals surface area contributed by atoms with Gasteiger partial charge in [-0.05, 0) is 23.3 Å². The molecule has 3 rings (SSSR count). The Morgan fingerprint density at radius 3 is 2.17 bits per heavy atom. The standard InChI is InChI=1S/C23H23N3O2S/c24-23(28)26-20(18-11-5-2-6-12-18)15-22(27)25-19-13-7-8-14-21(19)29-16-17-9-3-1-4-10-17/h1-14,20H,15-16H2,(H,25,27)(H3,24,26,28). The summed E-state index contributed by atoms with van der Waals surface area (Å²) in [5.41, 5.74) is 8.09. The minimum Gasteiger partial charge on any atom is -0.352 e. The lowest BCUT2D eigenvalue weighted by atomic mass is 10.0. The predicted molar refractivity (Wildman–Crippen MR) is 118 cm³/mol. The molecule has 0 saturated carbocycles. The zero-order chi connectivity index (χ0) is 20.5. The maximum Gasteiger partial charge on any atom is 0.312 e. The Labute approximate surface area is 174 Å². The van der Waals surface area contributed by atoms with Crippen molar-refractivity contribution in [2.45, 2.75) is 23.1 Å². The van der Waals surface area contributed by atoms with Crippen molar-refractivity contribution < 1.29 is 9.59 Å². The van der Waals surface area contributed by atoms with Gasteiger partial charge in [-0.25, -0.2) is 4.79 Å². The van der Waals surface area contributed by atoms with Gasteiger partial charge in [-0.15, -0.1) is 11.8 Å². The lowest BCUT2D eigenvalue weighted by molar-refractivity contribution is -0.116. The summed E-state index contributed by atoms with van der Waals surface area (Å²) in [7, 11) is 0. The Balaban J connectivity index is 1.67. The fraction of sp³-hybridized carbons (Fsp3) is 0.130. The van der Waals surface area contributed by atoms with Gasteiger partial charge in [0, 0.05) is 10.6 Å². The van der Waals surface area contributed by atoms with Gasteiger partial charge in [0.1, 0.15) is 0 Å². The molecule has 0 spiro atoms. The average molecular weight is 406 g/mol. The number of nitrogens with one attached hydrogen (secondary N) is 2. The molecule has 3 amide bonds. The summed E-state index contributed by atoms with van der Waals surface area (Å²) in [6.07, 6.45) is 0.0879. The topological polar surface area (TPSA) is 84.2 Å². The second-order valence-electron chi connectivity index (χ2n) is 6.49. The molecule has 0 heterocycles. The van der Waals surface area contributed by atoms with Crippen LogP contribution in [0.15, 0.2) is 89.8 Å². The van der Waals surface area contributed by atoms with Crippen LogP contribution in [0.3, 0.4) is 0 Å². The third-order valence-electron chi connectivity index (χ3n) is 4.31. The van der Waals surface area contributed by atoms with Gasteiger partial charge in [0.2, 0.25) is 5.91 Å². The number of amides is 3. The largest absolute Gasteiger partial charge is 0.352 e. The van der Waals surface area contributed by atoms with E-state index in [2.05, 4.69) is 22.8 Å². The zero-order valence-corrected chi connectivity index (χ0v) is 16.7. The number of carbonyl (C=O) groups excluding carboxylic acids is 2. The van der Waals surface area contributed by atoms with E-state index in [-0.39, 0.29) is 12.3 Å². The molecule has 3 aromatic carbocycles. The number of nitrogens with two attached hydrogens (primary N) is 1. The van der Waals surface area contributed by atoms with Gasteiger partial charge in [-0.2, -0.15) is 0 Å². The molecule has 0 fully saturated rings. The van der Waals surface area contributed by atoms with E-state index in [1.165, 1.54) is 5.56 Å². The fourth-order valence-corrected chi connectivity index (χ4v) is 3.89. The van der Waals surface area contributed by atoms with Gasteiger partial charge < -0.3 is 16.4 Å². The summed E-state index contributed by atoms with van der Waals surface area (Å²) in [6.45, 7) is 0. The maximum atomic E-state index is 12.7. The molecular formula is C23H23N3O2S. The molecule has 0 aliphatic carbocycles. The molecule has 0 saturated heterocycles. The Bertz CT molecular complexity index is 949. The first kappa shape index (κ1) is 20.5. The quantitative estimate of drug-likeness (QED) is 0.474. The molecule has 1 unspecified atom stereocenters. The number of hydrogen-bond acceptors (Lipinski definition) is 3. The lowest BCUT2D eigenvalue weighted by Gasteiger charge is -2.18. The average Bonchev–Trinajstić information content (AvgIpc) is 2.74. The van der Waals surface area contributed by atoms with E-state index in [4.69, 9.17) is 5.73 Å². The number of hydrogen-bond donors (Lipinski definition) is 3. The van der Waals surface area contributed by atoms with Crippen molar-refractivity contribution in [3.05, 3.63) is 96.1 Å². The van der Waals surface area contributed by atoms with E-state index in [0.29, 0.717) is 0 Å². The molecule has 0 aliphatic rings. The minimum absolute atomic E-state index is 0.0879. The summed E-state index contributed by atoms with van der Waals surface area (Å²) < 4.78 is 0. The Hall–Kier alpha value is -3.25.